The van der Waals surface area contributed by atoms with E-state index in [0.29, 0.717) is 39.8 Å². The van der Waals surface area contributed by atoms with Crippen LogP contribution in [-0.2, 0) is 4.74 Å². The molecule has 0 amide bonds. The van der Waals surface area contributed by atoms with Gasteiger partial charge in [-0.1, -0.05) is 58.1 Å². The van der Waals surface area contributed by atoms with Crippen LogP contribution in [0.4, 0.5) is 0 Å². The van der Waals surface area contributed by atoms with E-state index < -0.39 is 0 Å². The lowest BCUT2D eigenvalue weighted by molar-refractivity contribution is -0.174. The van der Waals surface area contributed by atoms with Gasteiger partial charge in [0, 0.05) is 5.54 Å². The summed E-state index contributed by atoms with van der Waals surface area (Å²) in [5, 5.41) is 4.16. The van der Waals surface area contributed by atoms with Crippen LogP contribution in [0.1, 0.15) is 108 Å². The molecule has 0 saturated heterocycles. The number of hydrogen-bond acceptors (Lipinski definition) is 3. The van der Waals surface area contributed by atoms with Gasteiger partial charge in [-0.15, -0.1) is 0 Å². The zero-order valence-corrected chi connectivity index (χ0v) is 27.5. The molecule has 1 aromatic carbocycles. The topological polar surface area (TPSA) is 64.3 Å². The number of benzene rings is 1. The minimum Gasteiger partial charge on any atom is -0.465 e. The Bertz CT molecular complexity index is 1320. The van der Waals surface area contributed by atoms with Crippen molar-refractivity contribution in [2.45, 2.75) is 97.9 Å². The summed E-state index contributed by atoms with van der Waals surface area (Å²) in [5.74, 6) is 3.69. The second-order valence-corrected chi connectivity index (χ2v) is 16.3. The predicted molar refractivity (Wildman–Crippen MR) is 176 cm³/mol. The first-order chi connectivity index (χ1) is 19.8. The molecule has 5 heteroatoms. The Labute approximate surface area is 259 Å². The van der Waals surface area contributed by atoms with Gasteiger partial charge in [-0.25, -0.2) is 4.79 Å². The SMILES string of the molecule is C=C(C)C1CCC2(NC(N)=S)CCC3C(CCC4C3(C)CCC3C(C)(C)C(c5ccc(C(=O)OC)cc5)=CCC34C)C12. The third-order valence-electron chi connectivity index (χ3n) is 13.8. The Morgan fingerprint density at radius 3 is 2.31 bits per heavy atom. The number of nitrogens with one attached hydrogen (secondary N) is 1. The normalized spacial score (nSPS) is 41.7. The van der Waals surface area contributed by atoms with E-state index in [1.807, 2.05) is 12.1 Å². The smallest absolute Gasteiger partial charge is 0.337 e. The van der Waals surface area contributed by atoms with Crippen LogP contribution in [0.2, 0.25) is 0 Å². The standard InChI is InChI=1S/C37H52N2O2S/c1-22(2)25-14-20-37(39-33(38)42)21-16-28-26(31(25)37)12-13-30-35(28,5)19-17-29-34(3,4)27(15-18-36(29,30)6)23-8-10-24(11-9-23)32(40)41-7/h8-11,15,25-26,28-31H,1,12-14,16-21H2,2-7H3,(H3,38,39,42). The molecule has 0 bridgehead atoms. The number of carbonyl (C=O) groups is 1. The van der Waals surface area contributed by atoms with Crippen molar-refractivity contribution < 1.29 is 9.53 Å². The first-order valence-electron chi connectivity index (χ1n) is 16.4. The fourth-order valence-electron chi connectivity index (χ4n) is 12.3. The lowest BCUT2D eigenvalue weighted by Crippen LogP contribution is -2.65. The number of ether oxygens (including phenoxy) is 1. The fourth-order valence-corrected chi connectivity index (χ4v) is 12.5. The minimum absolute atomic E-state index is 0.0504. The molecule has 4 fully saturated rings. The fraction of sp³-hybridized carbons (Fsp3) is 0.676. The molecule has 5 aliphatic rings. The minimum atomic E-state index is -0.276. The number of fused-ring (bicyclic) bond motifs is 7. The number of hydrogen-bond donors (Lipinski definition) is 2. The molecule has 6 rings (SSSR count). The highest BCUT2D eigenvalue weighted by molar-refractivity contribution is 7.80. The number of methoxy groups -OCH3 is 1. The summed E-state index contributed by atoms with van der Waals surface area (Å²) in [6.07, 6.45) is 13.8. The van der Waals surface area contributed by atoms with Crippen LogP contribution < -0.4 is 11.1 Å². The van der Waals surface area contributed by atoms with E-state index in [4.69, 9.17) is 22.7 Å². The molecule has 4 saturated carbocycles. The van der Waals surface area contributed by atoms with Gasteiger partial charge < -0.3 is 15.8 Å². The van der Waals surface area contributed by atoms with Crippen LogP contribution in [0, 0.1) is 51.8 Å². The monoisotopic (exact) mass is 588 g/mol. The van der Waals surface area contributed by atoms with Crippen molar-refractivity contribution in [1.29, 1.82) is 0 Å². The highest BCUT2D eigenvalue weighted by atomic mass is 32.1. The maximum absolute atomic E-state index is 12.0. The van der Waals surface area contributed by atoms with Crippen molar-refractivity contribution in [3.63, 3.8) is 0 Å². The Balaban J connectivity index is 1.32. The summed E-state index contributed by atoms with van der Waals surface area (Å²) in [6, 6.07) is 8.08. The summed E-state index contributed by atoms with van der Waals surface area (Å²) >= 11 is 5.45. The Kier molecular flexibility index (Phi) is 7.27. The van der Waals surface area contributed by atoms with E-state index in [9.17, 15) is 4.79 Å². The number of carbonyl (C=O) groups excluding carboxylic acids is 1. The number of nitrogens with two attached hydrogens (primary N) is 1. The molecule has 0 radical (unpaired) electrons. The molecule has 0 aliphatic heterocycles. The average Bonchev–Trinajstić information content (AvgIpc) is 3.31. The summed E-state index contributed by atoms with van der Waals surface area (Å²) in [4.78, 5) is 12.0. The second-order valence-electron chi connectivity index (χ2n) is 15.8. The van der Waals surface area contributed by atoms with Crippen LogP contribution >= 0.6 is 12.2 Å². The third-order valence-corrected chi connectivity index (χ3v) is 13.9. The molecule has 0 aromatic heterocycles. The molecule has 0 spiro atoms. The number of thiocarbonyl (C=S) groups is 1. The number of allylic oxidation sites excluding steroid dienone is 3. The highest BCUT2D eigenvalue weighted by Gasteiger charge is 2.66. The van der Waals surface area contributed by atoms with Crippen molar-refractivity contribution in [2.75, 3.05) is 7.11 Å². The third kappa shape index (κ3) is 4.26. The van der Waals surface area contributed by atoms with Gasteiger partial charge in [0.2, 0.25) is 0 Å². The van der Waals surface area contributed by atoms with Crippen molar-refractivity contribution in [2.24, 2.45) is 57.5 Å². The zero-order valence-electron chi connectivity index (χ0n) is 26.7. The van der Waals surface area contributed by atoms with Gasteiger partial charge in [-0.2, -0.15) is 0 Å². The van der Waals surface area contributed by atoms with Crippen LogP contribution in [0.3, 0.4) is 0 Å². The first kappa shape index (κ1) is 29.9. The maximum Gasteiger partial charge on any atom is 0.337 e. The first-order valence-corrected chi connectivity index (χ1v) is 16.8. The lowest BCUT2D eigenvalue weighted by Gasteiger charge is -2.68. The molecule has 5 aliphatic carbocycles. The molecule has 228 valence electrons. The number of rotatable bonds is 4. The molecular formula is C37H52N2O2S. The molecule has 4 nitrogen and oxygen atoms in total. The van der Waals surface area contributed by atoms with Gasteiger partial charge in [0.25, 0.3) is 0 Å². The second kappa shape index (κ2) is 10.2. The molecule has 42 heavy (non-hydrogen) atoms. The Morgan fingerprint density at radius 2 is 1.67 bits per heavy atom. The quantitative estimate of drug-likeness (QED) is 0.210. The van der Waals surface area contributed by atoms with Crippen molar-refractivity contribution in [3.05, 3.63) is 53.6 Å². The molecular weight excluding hydrogens is 536 g/mol. The highest BCUT2D eigenvalue weighted by Crippen LogP contribution is 2.73. The summed E-state index contributed by atoms with van der Waals surface area (Å²) in [6.45, 7) is 17.0. The lowest BCUT2D eigenvalue weighted by atomic mass is 9.36. The predicted octanol–water partition coefficient (Wildman–Crippen LogP) is 8.32. The van der Waals surface area contributed by atoms with E-state index in [1.54, 1.807) is 0 Å². The van der Waals surface area contributed by atoms with Crippen molar-refractivity contribution in [1.82, 2.24) is 5.32 Å². The Morgan fingerprint density at radius 1 is 0.976 bits per heavy atom. The summed E-state index contributed by atoms with van der Waals surface area (Å²) in [7, 11) is 1.44. The van der Waals surface area contributed by atoms with Crippen LogP contribution in [0.5, 0.6) is 0 Å². The van der Waals surface area contributed by atoms with Gasteiger partial charge in [-0.05, 0) is 152 Å². The van der Waals surface area contributed by atoms with Crippen LogP contribution in [-0.4, -0.2) is 23.7 Å². The average molecular weight is 589 g/mol. The van der Waals surface area contributed by atoms with E-state index >= 15 is 0 Å². The molecule has 9 atom stereocenters. The summed E-state index contributed by atoms with van der Waals surface area (Å²) < 4.78 is 4.93. The maximum atomic E-state index is 12.0. The Hall–Kier alpha value is -2.14. The van der Waals surface area contributed by atoms with E-state index in [1.165, 1.54) is 68.8 Å². The van der Waals surface area contributed by atoms with Gasteiger partial charge in [0.05, 0.1) is 12.7 Å². The van der Waals surface area contributed by atoms with Crippen molar-refractivity contribution >= 4 is 28.9 Å². The largest absolute Gasteiger partial charge is 0.465 e. The van der Waals surface area contributed by atoms with E-state index in [0.717, 1.165) is 24.7 Å². The van der Waals surface area contributed by atoms with Crippen molar-refractivity contribution in [3.8, 4) is 0 Å². The molecule has 1 aromatic rings. The van der Waals surface area contributed by atoms with Gasteiger partial charge in [-0.3, -0.25) is 0 Å². The molecule has 9 unspecified atom stereocenters. The van der Waals surface area contributed by atoms with Gasteiger partial charge >= 0.3 is 5.97 Å². The van der Waals surface area contributed by atoms with Gasteiger partial charge in [0.15, 0.2) is 5.11 Å². The molecule has 3 N–H and O–H groups in total. The number of esters is 1. The van der Waals surface area contributed by atoms with Crippen LogP contribution in [0.25, 0.3) is 5.57 Å². The van der Waals surface area contributed by atoms with E-state index in [2.05, 4.69) is 64.7 Å². The van der Waals surface area contributed by atoms with E-state index in [-0.39, 0.29) is 22.3 Å². The van der Waals surface area contributed by atoms with Gasteiger partial charge in [0.1, 0.15) is 0 Å². The van der Waals surface area contributed by atoms with Crippen LogP contribution in [0.15, 0.2) is 42.5 Å². The molecule has 0 heterocycles. The summed E-state index contributed by atoms with van der Waals surface area (Å²) in [5.41, 5.74) is 11.6. The zero-order chi connectivity index (χ0) is 30.2.